The van der Waals surface area contributed by atoms with Crippen LogP contribution >= 0.6 is 11.6 Å². The van der Waals surface area contributed by atoms with Gasteiger partial charge in [-0.25, -0.2) is 0 Å². The highest BCUT2D eigenvalue weighted by Crippen LogP contribution is 2.27. The van der Waals surface area contributed by atoms with E-state index in [-0.39, 0.29) is 5.91 Å². The molecule has 0 saturated carbocycles. The fraction of sp³-hybridized carbons (Fsp3) is 0.562. The third-order valence-electron chi connectivity index (χ3n) is 3.85. The van der Waals surface area contributed by atoms with Gasteiger partial charge in [-0.2, -0.15) is 0 Å². The lowest BCUT2D eigenvalue weighted by atomic mass is 10.0. The van der Waals surface area contributed by atoms with Gasteiger partial charge in [0.05, 0.1) is 0 Å². The molecule has 0 unspecified atom stereocenters. The zero-order valence-corrected chi connectivity index (χ0v) is 13.5. The molecule has 5 heteroatoms. The molecular formula is C16H24ClN3O. The van der Waals surface area contributed by atoms with Crippen LogP contribution in [0.3, 0.4) is 0 Å². The first-order valence-corrected chi connectivity index (χ1v) is 7.99. The van der Waals surface area contributed by atoms with Crippen molar-refractivity contribution in [2.24, 2.45) is 0 Å². The number of benzene rings is 1. The van der Waals surface area contributed by atoms with Crippen LogP contribution in [0.15, 0.2) is 18.2 Å². The Kier molecular flexibility index (Phi) is 5.88. The number of nitrogens with zero attached hydrogens (tertiary/aromatic N) is 1. The van der Waals surface area contributed by atoms with Crippen LogP contribution in [0.4, 0.5) is 5.69 Å². The van der Waals surface area contributed by atoms with E-state index in [2.05, 4.69) is 28.5 Å². The summed E-state index contributed by atoms with van der Waals surface area (Å²) in [6.07, 6.45) is 1.98. The summed E-state index contributed by atoms with van der Waals surface area (Å²) in [5.41, 5.74) is 2.49. The molecule has 116 valence electrons. The van der Waals surface area contributed by atoms with Gasteiger partial charge in [0, 0.05) is 43.3 Å². The van der Waals surface area contributed by atoms with Crippen molar-refractivity contribution in [2.45, 2.75) is 39.3 Å². The second-order valence-electron chi connectivity index (χ2n) is 5.52. The van der Waals surface area contributed by atoms with Crippen LogP contribution in [0.1, 0.15) is 32.3 Å². The van der Waals surface area contributed by atoms with Crippen molar-refractivity contribution in [3.8, 4) is 0 Å². The molecule has 1 aromatic carbocycles. The van der Waals surface area contributed by atoms with Gasteiger partial charge in [0.25, 0.3) is 0 Å². The Morgan fingerprint density at radius 3 is 2.71 bits per heavy atom. The molecule has 0 radical (unpaired) electrons. The van der Waals surface area contributed by atoms with E-state index in [9.17, 15) is 4.79 Å². The van der Waals surface area contributed by atoms with E-state index in [1.54, 1.807) is 6.92 Å². The molecular weight excluding hydrogens is 286 g/mol. The first-order chi connectivity index (χ1) is 10.1. The van der Waals surface area contributed by atoms with Gasteiger partial charge < -0.3 is 15.5 Å². The number of piperidine rings is 1. The van der Waals surface area contributed by atoms with Crippen molar-refractivity contribution in [3.63, 3.8) is 0 Å². The van der Waals surface area contributed by atoms with Crippen molar-refractivity contribution in [1.29, 1.82) is 0 Å². The van der Waals surface area contributed by atoms with Gasteiger partial charge in [0.2, 0.25) is 5.91 Å². The number of anilines is 1. The Morgan fingerprint density at radius 2 is 2.10 bits per heavy atom. The number of halogens is 1. The molecule has 1 aliphatic rings. The highest BCUT2D eigenvalue weighted by Gasteiger charge is 2.21. The summed E-state index contributed by atoms with van der Waals surface area (Å²) in [5.74, 6) is 0.0628. The molecule has 0 bridgehead atoms. The molecule has 0 aromatic heterocycles. The van der Waals surface area contributed by atoms with Crippen LogP contribution < -0.4 is 15.5 Å². The van der Waals surface area contributed by atoms with Gasteiger partial charge >= 0.3 is 0 Å². The van der Waals surface area contributed by atoms with Gasteiger partial charge in [-0.3, -0.25) is 4.79 Å². The number of nitrogens with one attached hydrogen (secondary N) is 2. The average Bonchev–Trinajstić information content (AvgIpc) is 2.46. The SMILES string of the molecule is CCNCc1cc(Cl)ccc1N1CCC(NC(C)=O)CC1. The average molecular weight is 310 g/mol. The molecule has 1 amide bonds. The number of carbonyl (C=O) groups is 1. The lowest BCUT2D eigenvalue weighted by Gasteiger charge is -2.35. The topological polar surface area (TPSA) is 44.4 Å². The summed E-state index contributed by atoms with van der Waals surface area (Å²) < 4.78 is 0. The Hall–Kier alpha value is -1.26. The molecule has 2 rings (SSSR count). The standard InChI is InChI=1S/C16H24ClN3O/c1-3-18-11-13-10-14(17)4-5-16(13)20-8-6-15(7-9-20)19-12(2)21/h4-5,10,15,18H,3,6-9,11H2,1-2H3,(H,19,21). The molecule has 0 atom stereocenters. The molecule has 1 fully saturated rings. The Labute approximate surface area is 131 Å². The molecule has 1 heterocycles. The predicted molar refractivity (Wildman–Crippen MR) is 87.9 cm³/mol. The van der Waals surface area contributed by atoms with Crippen molar-refractivity contribution in [3.05, 3.63) is 28.8 Å². The second-order valence-corrected chi connectivity index (χ2v) is 5.95. The van der Waals surface area contributed by atoms with Crippen LogP contribution in [0.25, 0.3) is 0 Å². The van der Waals surface area contributed by atoms with E-state index >= 15 is 0 Å². The van der Waals surface area contributed by atoms with E-state index in [0.717, 1.165) is 44.0 Å². The van der Waals surface area contributed by atoms with Crippen LogP contribution in [-0.2, 0) is 11.3 Å². The summed E-state index contributed by atoms with van der Waals surface area (Å²) in [4.78, 5) is 13.5. The minimum absolute atomic E-state index is 0.0628. The third-order valence-corrected chi connectivity index (χ3v) is 4.09. The summed E-state index contributed by atoms with van der Waals surface area (Å²) in [5, 5.41) is 7.15. The summed E-state index contributed by atoms with van der Waals surface area (Å²) in [6.45, 7) is 7.38. The minimum Gasteiger partial charge on any atom is -0.371 e. The van der Waals surface area contributed by atoms with Gasteiger partial charge in [-0.1, -0.05) is 18.5 Å². The van der Waals surface area contributed by atoms with Crippen LogP contribution in [0, 0.1) is 0 Å². The summed E-state index contributed by atoms with van der Waals surface area (Å²) >= 11 is 6.12. The molecule has 21 heavy (non-hydrogen) atoms. The van der Waals surface area contributed by atoms with Gasteiger partial charge in [-0.15, -0.1) is 0 Å². The first-order valence-electron chi connectivity index (χ1n) is 7.61. The fourth-order valence-corrected chi connectivity index (χ4v) is 3.01. The fourth-order valence-electron chi connectivity index (χ4n) is 2.82. The quantitative estimate of drug-likeness (QED) is 0.878. The smallest absolute Gasteiger partial charge is 0.217 e. The van der Waals surface area contributed by atoms with Crippen molar-refractivity contribution < 1.29 is 4.79 Å². The number of hydrogen-bond donors (Lipinski definition) is 2. The minimum atomic E-state index is 0.0628. The van der Waals surface area contributed by atoms with E-state index in [1.165, 1.54) is 11.3 Å². The maximum absolute atomic E-state index is 11.1. The molecule has 4 nitrogen and oxygen atoms in total. The van der Waals surface area contributed by atoms with E-state index in [4.69, 9.17) is 11.6 Å². The Morgan fingerprint density at radius 1 is 1.38 bits per heavy atom. The monoisotopic (exact) mass is 309 g/mol. The largest absolute Gasteiger partial charge is 0.371 e. The maximum Gasteiger partial charge on any atom is 0.217 e. The van der Waals surface area contributed by atoms with Crippen LogP contribution in [0.5, 0.6) is 0 Å². The van der Waals surface area contributed by atoms with Gasteiger partial charge in [-0.05, 0) is 43.1 Å². The lowest BCUT2D eigenvalue weighted by Crippen LogP contribution is -2.44. The van der Waals surface area contributed by atoms with E-state index < -0.39 is 0 Å². The molecule has 1 aromatic rings. The van der Waals surface area contributed by atoms with E-state index in [1.807, 2.05) is 12.1 Å². The third kappa shape index (κ3) is 4.61. The predicted octanol–water partition coefficient (Wildman–Crippen LogP) is 2.55. The van der Waals surface area contributed by atoms with Crippen molar-refractivity contribution >= 4 is 23.2 Å². The number of carbonyl (C=O) groups excluding carboxylic acids is 1. The summed E-state index contributed by atoms with van der Waals surface area (Å²) in [6, 6.07) is 6.41. The van der Waals surface area contributed by atoms with Crippen LogP contribution in [0.2, 0.25) is 5.02 Å². The summed E-state index contributed by atoms with van der Waals surface area (Å²) in [7, 11) is 0. The molecule has 0 aliphatic carbocycles. The maximum atomic E-state index is 11.1. The van der Waals surface area contributed by atoms with Crippen LogP contribution in [-0.4, -0.2) is 31.6 Å². The zero-order valence-electron chi connectivity index (χ0n) is 12.8. The van der Waals surface area contributed by atoms with Gasteiger partial charge in [0.15, 0.2) is 0 Å². The Balaban J connectivity index is 2.03. The normalized spacial score (nSPS) is 16.0. The first kappa shape index (κ1) is 16.1. The number of amides is 1. The molecule has 0 spiro atoms. The van der Waals surface area contributed by atoms with Crippen molar-refractivity contribution in [2.75, 3.05) is 24.5 Å². The van der Waals surface area contributed by atoms with Gasteiger partial charge in [0.1, 0.15) is 0 Å². The Bertz CT molecular complexity index is 484. The lowest BCUT2D eigenvalue weighted by molar-refractivity contribution is -0.119. The zero-order chi connectivity index (χ0) is 15.2. The highest BCUT2D eigenvalue weighted by molar-refractivity contribution is 6.30. The van der Waals surface area contributed by atoms with Crippen molar-refractivity contribution in [1.82, 2.24) is 10.6 Å². The van der Waals surface area contributed by atoms with E-state index in [0.29, 0.717) is 6.04 Å². The molecule has 1 saturated heterocycles. The second kappa shape index (κ2) is 7.66. The molecule has 2 N–H and O–H groups in total. The molecule has 1 aliphatic heterocycles. The number of hydrogen-bond acceptors (Lipinski definition) is 3. The highest BCUT2D eigenvalue weighted by atomic mass is 35.5. The number of rotatable bonds is 5.